The lowest BCUT2D eigenvalue weighted by molar-refractivity contribution is 0.473. The second-order valence-electron chi connectivity index (χ2n) is 6.26. The molecule has 1 aromatic heterocycles. The van der Waals surface area contributed by atoms with Gasteiger partial charge in [-0.15, -0.1) is 0 Å². The van der Waals surface area contributed by atoms with Gasteiger partial charge in [0.2, 0.25) is 10.0 Å². The normalized spacial score (nSPS) is 11.6. The van der Waals surface area contributed by atoms with E-state index in [4.69, 9.17) is 4.42 Å². The second kappa shape index (κ2) is 7.85. The van der Waals surface area contributed by atoms with Gasteiger partial charge >= 0.3 is 0 Å². The minimum absolute atomic E-state index is 0.0321. The summed E-state index contributed by atoms with van der Waals surface area (Å²) >= 11 is 0. The maximum absolute atomic E-state index is 12.3. The van der Waals surface area contributed by atoms with Crippen molar-refractivity contribution >= 4 is 10.0 Å². The van der Waals surface area contributed by atoms with Crippen LogP contribution < -0.4 is 4.72 Å². The number of hydrogen-bond acceptors (Lipinski definition) is 4. The Bertz CT molecular complexity index is 979. The third-order valence-corrected chi connectivity index (χ3v) is 5.32. The fourth-order valence-electron chi connectivity index (χ4n) is 2.85. The van der Waals surface area contributed by atoms with Gasteiger partial charge in [-0.05, 0) is 12.5 Å². The van der Waals surface area contributed by atoms with Crippen molar-refractivity contribution in [1.82, 2.24) is 9.71 Å². The molecule has 5 nitrogen and oxygen atoms in total. The summed E-state index contributed by atoms with van der Waals surface area (Å²) in [5.41, 5.74) is 3.54. The molecule has 0 saturated heterocycles. The van der Waals surface area contributed by atoms with Gasteiger partial charge in [-0.2, -0.15) is 0 Å². The first-order valence-corrected chi connectivity index (χ1v) is 10.1. The van der Waals surface area contributed by atoms with Crippen LogP contribution >= 0.6 is 0 Å². The average molecular weight is 370 g/mol. The van der Waals surface area contributed by atoms with Crippen LogP contribution in [0.3, 0.4) is 0 Å². The molecule has 3 aromatic rings. The topological polar surface area (TPSA) is 72.2 Å². The van der Waals surface area contributed by atoms with Crippen LogP contribution in [0, 0.1) is 13.8 Å². The maximum atomic E-state index is 12.3. The zero-order chi connectivity index (χ0) is 18.6. The van der Waals surface area contributed by atoms with E-state index in [9.17, 15) is 8.42 Å². The number of aryl methyl sites for hydroxylation is 2. The van der Waals surface area contributed by atoms with E-state index in [1.54, 1.807) is 6.92 Å². The second-order valence-corrected chi connectivity index (χ2v) is 8.07. The van der Waals surface area contributed by atoms with Crippen LogP contribution in [0.25, 0.3) is 11.3 Å². The molecule has 0 aliphatic rings. The summed E-state index contributed by atoms with van der Waals surface area (Å²) in [7, 11) is -3.40. The largest absolute Gasteiger partial charge is 0.445 e. The molecule has 1 N–H and O–H groups in total. The SMILES string of the molecule is Cc1cccc(CS(=O)(=O)NCCc2oc(C)nc2-c2ccccc2)c1. The van der Waals surface area contributed by atoms with Crippen LogP contribution in [0.1, 0.15) is 22.8 Å². The Morgan fingerprint density at radius 1 is 1.04 bits per heavy atom. The maximum Gasteiger partial charge on any atom is 0.215 e. The molecule has 0 radical (unpaired) electrons. The average Bonchev–Trinajstić information content (AvgIpc) is 2.96. The number of nitrogens with zero attached hydrogens (tertiary/aromatic N) is 1. The van der Waals surface area contributed by atoms with E-state index in [0.717, 1.165) is 22.4 Å². The molecule has 136 valence electrons. The first kappa shape index (κ1) is 18.4. The van der Waals surface area contributed by atoms with Gasteiger partial charge in [0, 0.05) is 25.5 Å². The molecule has 2 aromatic carbocycles. The van der Waals surface area contributed by atoms with Gasteiger partial charge in [0.15, 0.2) is 5.89 Å². The molecule has 0 saturated carbocycles. The predicted octanol–water partition coefficient (Wildman–Crippen LogP) is 3.62. The van der Waals surface area contributed by atoms with E-state index in [0.29, 0.717) is 18.1 Å². The third-order valence-electron chi connectivity index (χ3n) is 3.96. The van der Waals surface area contributed by atoms with Gasteiger partial charge in [-0.25, -0.2) is 18.1 Å². The molecule has 3 rings (SSSR count). The van der Waals surface area contributed by atoms with Crippen molar-refractivity contribution in [3.05, 3.63) is 77.4 Å². The van der Waals surface area contributed by atoms with Gasteiger partial charge in [0.05, 0.1) is 5.75 Å². The molecule has 1 heterocycles. The summed E-state index contributed by atoms with van der Waals surface area (Å²) < 4.78 is 32.9. The lowest BCUT2D eigenvalue weighted by Crippen LogP contribution is -2.27. The Labute approximate surface area is 154 Å². The lowest BCUT2D eigenvalue weighted by atomic mass is 10.1. The fraction of sp³-hybridized carbons (Fsp3) is 0.250. The lowest BCUT2D eigenvalue weighted by Gasteiger charge is -2.07. The summed E-state index contributed by atoms with van der Waals surface area (Å²) in [4.78, 5) is 4.43. The van der Waals surface area contributed by atoms with Crippen LogP contribution in [-0.4, -0.2) is 19.9 Å². The fourth-order valence-corrected chi connectivity index (χ4v) is 3.99. The van der Waals surface area contributed by atoms with Crippen LogP contribution in [0.5, 0.6) is 0 Å². The molecule has 0 atom stereocenters. The molecule has 26 heavy (non-hydrogen) atoms. The van der Waals surface area contributed by atoms with Gasteiger partial charge in [-0.1, -0.05) is 60.2 Å². The monoisotopic (exact) mass is 370 g/mol. The predicted molar refractivity (Wildman–Crippen MR) is 102 cm³/mol. The number of aromatic nitrogens is 1. The van der Waals surface area contributed by atoms with Crippen molar-refractivity contribution < 1.29 is 12.8 Å². The van der Waals surface area contributed by atoms with Crippen molar-refractivity contribution in [3.8, 4) is 11.3 Å². The molecule has 0 unspecified atom stereocenters. The molecule has 0 bridgehead atoms. The molecular formula is C20H22N2O3S. The Kier molecular flexibility index (Phi) is 5.54. The van der Waals surface area contributed by atoms with E-state index in [1.165, 1.54) is 0 Å². The van der Waals surface area contributed by atoms with Crippen LogP contribution in [-0.2, 0) is 22.2 Å². The number of rotatable bonds is 7. The van der Waals surface area contributed by atoms with Gasteiger partial charge < -0.3 is 4.42 Å². The molecule has 0 spiro atoms. The van der Waals surface area contributed by atoms with Gasteiger partial charge in [-0.3, -0.25) is 0 Å². The smallest absolute Gasteiger partial charge is 0.215 e. The van der Waals surface area contributed by atoms with Crippen molar-refractivity contribution in [2.75, 3.05) is 6.54 Å². The third kappa shape index (κ3) is 4.80. The van der Waals surface area contributed by atoms with Crippen molar-refractivity contribution in [2.45, 2.75) is 26.0 Å². The van der Waals surface area contributed by atoms with Crippen molar-refractivity contribution in [1.29, 1.82) is 0 Å². The highest BCUT2D eigenvalue weighted by molar-refractivity contribution is 7.88. The van der Waals surface area contributed by atoms with E-state index in [-0.39, 0.29) is 12.3 Å². The Hall–Kier alpha value is -2.44. The summed E-state index contributed by atoms with van der Waals surface area (Å²) in [5.74, 6) is 1.23. The molecule has 0 fully saturated rings. The summed E-state index contributed by atoms with van der Waals surface area (Å²) in [5, 5.41) is 0. The van der Waals surface area contributed by atoms with E-state index in [1.807, 2.05) is 61.5 Å². The standard InChI is InChI=1S/C20H22N2O3S/c1-15-7-6-8-17(13-15)14-26(23,24)21-12-11-19-20(22-16(2)25-19)18-9-4-3-5-10-18/h3-10,13,21H,11-12,14H2,1-2H3. The molecule has 6 heteroatoms. The minimum atomic E-state index is -3.40. The Balaban J connectivity index is 1.65. The number of sulfonamides is 1. The molecule has 0 aliphatic carbocycles. The Morgan fingerprint density at radius 2 is 1.81 bits per heavy atom. The summed E-state index contributed by atoms with van der Waals surface area (Å²) in [6.45, 7) is 4.00. The van der Waals surface area contributed by atoms with Gasteiger partial charge in [0.1, 0.15) is 11.5 Å². The number of nitrogens with one attached hydrogen (secondary N) is 1. The van der Waals surface area contributed by atoms with Crippen LogP contribution in [0.15, 0.2) is 59.0 Å². The summed E-state index contributed by atoms with van der Waals surface area (Å²) in [6, 6.07) is 17.2. The van der Waals surface area contributed by atoms with Crippen molar-refractivity contribution in [3.63, 3.8) is 0 Å². The number of benzene rings is 2. The minimum Gasteiger partial charge on any atom is -0.445 e. The Morgan fingerprint density at radius 3 is 2.54 bits per heavy atom. The highest BCUT2D eigenvalue weighted by atomic mass is 32.2. The molecular weight excluding hydrogens is 348 g/mol. The number of oxazole rings is 1. The highest BCUT2D eigenvalue weighted by Gasteiger charge is 2.15. The van der Waals surface area contributed by atoms with Crippen LogP contribution in [0.2, 0.25) is 0 Å². The zero-order valence-corrected chi connectivity index (χ0v) is 15.7. The zero-order valence-electron chi connectivity index (χ0n) is 14.9. The van der Waals surface area contributed by atoms with Crippen molar-refractivity contribution in [2.24, 2.45) is 0 Å². The molecule has 0 amide bonds. The first-order valence-electron chi connectivity index (χ1n) is 8.47. The summed E-state index contributed by atoms with van der Waals surface area (Å²) in [6.07, 6.45) is 0.443. The highest BCUT2D eigenvalue weighted by Crippen LogP contribution is 2.24. The van der Waals surface area contributed by atoms with E-state index < -0.39 is 10.0 Å². The van der Waals surface area contributed by atoms with E-state index >= 15 is 0 Å². The molecule has 0 aliphatic heterocycles. The van der Waals surface area contributed by atoms with Gasteiger partial charge in [0.25, 0.3) is 0 Å². The quantitative estimate of drug-likeness (QED) is 0.689. The van der Waals surface area contributed by atoms with Crippen LogP contribution in [0.4, 0.5) is 0 Å². The first-order chi connectivity index (χ1) is 12.4. The van der Waals surface area contributed by atoms with E-state index in [2.05, 4.69) is 9.71 Å². The number of hydrogen-bond donors (Lipinski definition) is 1.